The van der Waals surface area contributed by atoms with Crippen molar-refractivity contribution in [2.45, 2.75) is 12.5 Å². The van der Waals surface area contributed by atoms with Gasteiger partial charge in [-0.2, -0.15) is 0 Å². The molecular formula is C19H19Cl2FN2O2. The maximum atomic E-state index is 13.9. The Hall–Kier alpha value is -1.82. The number of hydrogen-bond donors (Lipinski definition) is 0. The number of nitrogens with zero attached hydrogens (tertiary/aromatic N) is 2. The first-order valence-corrected chi connectivity index (χ1v) is 8.98. The van der Waals surface area contributed by atoms with Crippen LogP contribution in [-0.2, 0) is 4.74 Å². The Morgan fingerprint density at radius 2 is 1.92 bits per heavy atom. The van der Waals surface area contributed by atoms with Crippen LogP contribution in [-0.4, -0.2) is 44.3 Å². The summed E-state index contributed by atoms with van der Waals surface area (Å²) >= 11 is 12.1. The fraction of sp³-hybridized carbons (Fsp3) is 0.316. The number of carbonyl (C=O) groups is 1. The van der Waals surface area contributed by atoms with E-state index in [-0.39, 0.29) is 6.10 Å². The number of amides is 1. The fourth-order valence-electron chi connectivity index (χ4n) is 3.05. The predicted molar refractivity (Wildman–Crippen MR) is 103 cm³/mol. The van der Waals surface area contributed by atoms with Gasteiger partial charge in [-0.1, -0.05) is 23.2 Å². The van der Waals surface area contributed by atoms with Gasteiger partial charge >= 0.3 is 6.09 Å². The molecular weight excluding hydrogens is 378 g/mol. The van der Waals surface area contributed by atoms with Crippen molar-refractivity contribution >= 4 is 35.0 Å². The lowest BCUT2D eigenvalue weighted by molar-refractivity contribution is 0.110. The molecule has 0 radical (unpaired) electrons. The number of hydrogen-bond acceptors (Lipinski definition) is 3. The molecule has 0 aliphatic carbocycles. The Kier molecular flexibility index (Phi) is 5.70. The third-order valence-corrected chi connectivity index (χ3v) is 4.82. The molecule has 1 heterocycles. The zero-order chi connectivity index (χ0) is 18.8. The minimum Gasteiger partial charge on any atom is -0.444 e. The number of rotatable bonds is 3. The van der Waals surface area contributed by atoms with Gasteiger partial charge in [-0.3, -0.25) is 4.90 Å². The maximum absolute atomic E-state index is 13.9. The molecule has 2 aromatic rings. The second-order valence-electron chi connectivity index (χ2n) is 6.44. The first kappa shape index (κ1) is 19.0. The summed E-state index contributed by atoms with van der Waals surface area (Å²) in [5, 5.41) is 0.865. The Labute approximate surface area is 162 Å². The lowest BCUT2D eigenvalue weighted by atomic mass is 10.0. The smallest absolute Gasteiger partial charge is 0.414 e. The van der Waals surface area contributed by atoms with Crippen LogP contribution in [0.5, 0.6) is 0 Å². The molecule has 0 bridgehead atoms. The van der Waals surface area contributed by atoms with Gasteiger partial charge < -0.3 is 9.64 Å². The van der Waals surface area contributed by atoms with Crippen molar-refractivity contribution in [1.29, 1.82) is 0 Å². The van der Waals surface area contributed by atoms with Crippen molar-refractivity contribution in [2.75, 3.05) is 32.1 Å². The molecule has 138 valence electrons. The number of halogens is 3. The number of likely N-dealkylation sites (tertiary alicyclic amines) is 1. The molecule has 0 aromatic heterocycles. The predicted octanol–water partition coefficient (Wildman–Crippen LogP) is 5.08. The first-order valence-electron chi connectivity index (χ1n) is 8.22. The number of benzene rings is 2. The van der Waals surface area contributed by atoms with E-state index in [4.69, 9.17) is 27.9 Å². The van der Waals surface area contributed by atoms with Gasteiger partial charge in [0.2, 0.25) is 0 Å². The first-order chi connectivity index (χ1) is 12.3. The molecule has 0 saturated carbocycles. The molecule has 26 heavy (non-hydrogen) atoms. The fourth-order valence-corrected chi connectivity index (χ4v) is 3.58. The van der Waals surface area contributed by atoms with E-state index in [9.17, 15) is 9.18 Å². The van der Waals surface area contributed by atoms with Crippen LogP contribution < -0.4 is 4.90 Å². The summed E-state index contributed by atoms with van der Waals surface area (Å²) in [5.41, 5.74) is 1.65. The van der Waals surface area contributed by atoms with Crippen molar-refractivity contribution in [3.63, 3.8) is 0 Å². The van der Waals surface area contributed by atoms with Gasteiger partial charge in [-0.25, -0.2) is 9.18 Å². The third-order valence-electron chi connectivity index (χ3n) is 4.38. The van der Waals surface area contributed by atoms with Crippen molar-refractivity contribution in [2.24, 2.45) is 0 Å². The van der Waals surface area contributed by atoms with E-state index in [1.165, 1.54) is 17.0 Å². The molecule has 4 nitrogen and oxygen atoms in total. The monoisotopic (exact) mass is 396 g/mol. The zero-order valence-corrected chi connectivity index (χ0v) is 16.0. The van der Waals surface area contributed by atoms with Crippen LogP contribution in [0.1, 0.15) is 6.42 Å². The topological polar surface area (TPSA) is 32.8 Å². The molecule has 0 N–H and O–H groups in total. The van der Waals surface area contributed by atoms with Gasteiger partial charge in [0.05, 0.1) is 5.69 Å². The normalized spacial score (nSPS) is 17.3. The highest BCUT2D eigenvalue weighted by Crippen LogP contribution is 2.35. The van der Waals surface area contributed by atoms with Gasteiger partial charge in [0.15, 0.2) is 0 Å². The molecule has 7 heteroatoms. The summed E-state index contributed by atoms with van der Waals surface area (Å²) < 4.78 is 19.4. The van der Waals surface area contributed by atoms with Crippen LogP contribution in [0.2, 0.25) is 10.0 Å². The van der Waals surface area contributed by atoms with Crippen LogP contribution >= 0.6 is 23.2 Å². The van der Waals surface area contributed by atoms with E-state index < -0.39 is 11.9 Å². The molecule has 1 amide bonds. The van der Waals surface area contributed by atoms with Gasteiger partial charge in [-0.15, -0.1) is 0 Å². The minimum atomic E-state index is -0.480. The van der Waals surface area contributed by atoms with Gasteiger partial charge in [-0.05, 0) is 55.4 Å². The molecule has 1 saturated heterocycles. The Morgan fingerprint density at radius 1 is 1.23 bits per heavy atom. The molecule has 1 aliphatic rings. The highest BCUT2D eigenvalue weighted by molar-refractivity contribution is 6.35. The standard InChI is InChI=1S/C19H19Cl2FN2O2/c1-23-6-5-16(11-23)26-19(25)24(2)18-4-3-15(22)10-17(18)12-7-13(20)9-14(21)8-12/h3-4,7-10,16H,5-6,11H2,1-2H3/t16-/m1/s1. The number of anilines is 1. The molecule has 0 spiro atoms. The average Bonchev–Trinajstić information content (AvgIpc) is 2.98. The van der Waals surface area contributed by atoms with Crippen molar-refractivity contribution in [1.82, 2.24) is 4.90 Å². The second kappa shape index (κ2) is 7.82. The second-order valence-corrected chi connectivity index (χ2v) is 7.31. The number of carbonyl (C=O) groups excluding carboxylic acids is 1. The molecule has 3 rings (SSSR count). The van der Waals surface area contributed by atoms with E-state index in [2.05, 4.69) is 4.90 Å². The lowest BCUT2D eigenvalue weighted by Crippen LogP contribution is -2.32. The molecule has 1 fully saturated rings. The summed E-state index contributed by atoms with van der Waals surface area (Å²) in [4.78, 5) is 16.0. The number of ether oxygens (including phenoxy) is 1. The Balaban J connectivity index is 1.90. The summed E-state index contributed by atoms with van der Waals surface area (Å²) in [5.74, 6) is -0.418. The number of likely N-dealkylation sites (N-methyl/N-ethyl adjacent to an activating group) is 1. The van der Waals surface area contributed by atoms with E-state index in [0.29, 0.717) is 33.4 Å². The van der Waals surface area contributed by atoms with Gasteiger partial charge in [0, 0.05) is 35.7 Å². The molecule has 2 aromatic carbocycles. The van der Waals surface area contributed by atoms with Crippen LogP contribution in [0, 0.1) is 5.82 Å². The van der Waals surface area contributed by atoms with Crippen molar-refractivity contribution < 1.29 is 13.9 Å². The highest BCUT2D eigenvalue weighted by Gasteiger charge is 2.26. The maximum Gasteiger partial charge on any atom is 0.414 e. The van der Waals surface area contributed by atoms with Crippen molar-refractivity contribution in [3.05, 3.63) is 52.3 Å². The highest BCUT2D eigenvalue weighted by atomic mass is 35.5. The summed E-state index contributed by atoms with van der Waals surface area (Å²) in [6, 6.07) is 9.15. The summed E-state index contributed by atoms with van der Waals surface area (Å²) in [7, 11) is 3.59. The van der Waals surface area contributed by atoms with Crippen LogP contribution in [0.25, 0.3) is 11.1 Å². The lowest BCUT2D eigenvalue weighted by Gasteiger charge is -2.23. The summed E-state index contributed by atoms with van der Waals surface area (Å²) in [6.45, 7) is 1.60. The van der Waals surface area contributed by atoms with Crippen LogP contribution in [0.3, 0.4) is 0 Å². The van der Waals surface area contributed by atoms with Crippen molar-refractivity contribution in [3.8, 4) is 11.1 Å². The van der Waals surface area contributed by atoms with Crippen LogP contribution in [0.15, 0.2) is 36.4 Å². The quantitative estimate of drug-likeness (QED) is 0.725. The van der Waals surface area contributed by atoms with E-state index in [1.54, 1.807) is 31.3 Å². The van der Waals surface area contributed by atoms with E-state index >= 15 is 0 Å². The largest absolute Gasteiger partial charge is 0.444 e. The van der Waals surface area contributed by atoms with E-state index in [0.717, 1.165) is 13.0 Å². The van der Waals surface area contributed by atoms with Crippen LogP contribution in [0.4, 0.5) is 14.9 Å². The summed E-state index contributed by atoms with van der Waals surface area (Å²) in [6.07, 6.45) is 0.182. The molecule has 1 atom stereocenters. The Bertz CT molecular complexity index is 811. The van der Waals surface area contributed by atoms with E-state index in [1.807, 2.05) is 7.05 Å². The average molecular weight is 397 g/mol. The molecule has 1 aliphatic heterocycles. The van der Waals surface area contributed by atoms with Gasteiger partial charge in [0.25, 0.3) is 0 Å². The zero-order valence-electron chi connectivity index (χ0n) is 14.5. The third kappa shape index (κ3) is 4.29. The SMILES string of the molecule is CN1CC[C@@H](OC(=O)N(C)c2ccc(F)cc2-c2cc(Cl)cc(Cl)c2)C1. The van der Waals surface area contributed by atoms with Gasteiger partial charge in [0.1, 0.15) is 11.9 Å². The Morgan fingerprint density at radius 3 is 2.54 bits per heavy atom. The minimum absolute atomic E-state index is 0.139. The molecule has 0 unspecified atom stereocenters.